The van der Waals surface area contributed by atoms with Gasteiger partial charge in [0, 0.05) is 28.5 Å². The molecule has 0 radical (unpaired) electrons. The lowest BCUT2D eigenvalue weighted by atomic mass is 10.0. The van der Waals surface area contributed by atoms with E-state index in [1.165, 1.54) is 24.5 Å². The summed E-state index contributed by atoms with van der Waals surface area (Å²) >= 11 is 3.15. The third-order valence-corrected chi connectivity index (χ3v) is 2.92. The fourth-order valence-electron chi connectivity index (χ4n) is 1.65. The Morgan fingerprint density at radius 3 is 2.67 bits per heavy atom. The number of benzene rings is 1. The van der Waals surface area contributed by atoms with Gasteiger partial charge < -0.3 is 10.1 Å². The number of aromatic nitrogens is 1. The molecule has 1 heterocycles. The van der Waals surface area contributed by atoms with Gasteiger partial charge in [-0.15, -0.1) is 0 Å². The van der Waals surface area contributed by atoms with Gasteiger partial charge in [-0.1, -0.05) is 15.9 Å². The molecule has 0 atom stereocenters. The molecular formula is C11H7BrN2O4. The molecule has 0 saturated heterocycles. The maximum absolute atomic E-state index is 11.0. The molecule has 0 saturated carbocycles. The molecule has 0 bridgehead atoms. The molecular weight excluding hydrogens is 304 g/mol. The van der Waals surface area contributed by atoms with Crippen molar-refractivity contribution in [2.24, 2.45) is 0 Å². The fraction of sp³-hybridized carbons (Fsp3) is 0. The van der Waals surface area contributed by atoms with Crippen molar-refractivity contribution >= 4 is 27.6 Å². The van der Waals surface area contributed by atoms with Crippen LogP contribution in [0.2, 0.25) is 0 Å². The highest BCUT2D eigenvalue weighted by atomic mass is 79.9. The SMILES string of the molecule is O=C(O)c1c[nH]cc1-c1ccc(Br)cc1[N+](=O)[O-]. The predicted molar refractivity (Wildman–Crippen MR) is 67.5 cm³/mol. The van der Waals surface area contributed by atoms with Crippen LogP contribution in [0.25, 0.3) is 11.1 Å². The summed E-state index contributed by atoms with van der Waals surface area (Å²) in [5, 5.41) is 20.0. The Labute approximate surface area is 110 Å². The van der Waals surface area contributed by atoms with Crippen LogP contribution in [0.15, 0.2) is 35.1 Å². The number of carboxylic acid groups (broad SMARTS) is 1. The summed E-state index contributed by atoms with van der Waals surface area (Å²) in [5.74, 6) is -1.14. The van der Waals surface area contributed by atoms with Gasteiger partial charge in [0.1, 0.15) is 0 Å². The second-order valence-corrected chi connectivity index (χ2v) is 4.42. The molecule has 0 aliphatic heterocycles. The van der Waals surface area contributed by atoms with Crippen molar-refractivity contribution in [1.29, 1.82) is 0 Å². The summed E-state index contributed by atoms with van der Waals surface area (Å²) in [4.78, 5) is 24.1. The highest BCUT2D eigenvalue weighted by Crippen LogP contribution is 2.34. The number of nitrogens with zero attached hydrogens (tertiary/aromatic N) is 1. The first-order chi connectivity index (χ1) is 8.50. The van der Waals surface area contributed by atoms with Gasteiger partial charge in [-0.3, -0.25) is 10.1 Å². The largest absolute Gasteiger partial charge is 0.478 e. The number of carboxylic acids is 1. The van der Waals surface area contributed by atoms with Crippen LogP contribution in [0.4, 0.5) is 5.69 Å². The van der Waals surface area contributed by atoms with Gasteiger partial charge in [0.15, 0.2) is 0 Å². The summed E-state index contributed by atoms with van der Waals surface area (Å²) in [6.07, 6.45) is 2.73. The third-order valence-electron chi connectivity index (χ3n) is 2.42. The molecule has 0 unspecified atom stereocenters. The Kier molecular flexibility index (Phi) is 3.15. The summed E-state index contributed by atoms with van der Waals surface area (Å²) in [7, 11) is 0. The second kappa shape index (κ2) is 4.61. The zero-order chi connectivity index (χ0) is 13.3. The number of nitro groups is 1. The summed E-state index contributed by atoms with van der Waals surface area (Å²) in [6.45, 7) is 0. The van der Waals surface area contributed by atoms with E-state index >= 15 is 0 Å². The number of carbonyl (C=O) groups is 1. The van der Waals surface area contributed by atoms with Gasteiger partial charge in [0.25, 0.3) is 5.69 Å². The smallest absolute Gasteiger partial charge is 0.337 e. The molecule has 2 N–H and O–H groups in total. The number of halogens is 1. The number of hydrogen-bond donors (Lipinski definition) is 2. The van der Waals surface area contributed by atoms with E-state index in [1.54, 1.807) is 6.07 Å². The maximum Gasteiger partial charge on any atom is 0.337 e. The fourth-order valence-corrected chi connectivity index (χ4v) is 2.00. The van der Waals surface area contributed by atoms with E-state index in [0.29, 0.717) is 10.0 Å². The lowest BCUT2D eigenvalue weighted by molar-refractivity contribution is -0.384. The van der Waals surface area contributed by atoms with E-state index in [4.69, 9.17) is 5.11 Å². The van der Waals surface area contributed by atoms with Crippen molar-refractivity contribution in [3.8, 4) is 11.1 Å². The van der Waals surface area contributed by atoms with Crippen LogP contribution in [0.3, 0.4) is 0 Å². The average Bonchev–Trinajstić information content (AvgIpc) is 2.77. The zero-order valence-electron chi connectivity index (χ0n) is 8.88. The minimum Gasteiger partial charge on any atom is -0.478 e. The van der Waals surface area contributed by atoms with Crippen LogP contribution in [0.1, 0.15) is 10.4 Å². The lowest BCUT2D eigenvalue weighted by Crippen LogP contribution is -1.98. The van der Waals surface area contributed by atoms with Crippen LogP contribution in [-0.4, -0.2) is 21.0 Å². The van der Waals surface area contributed by atoms with Crippen LogP contribution in [0, 0.1) is 10.1 Å². The second-order valence-electron chi connectivity index (χ2n) is 3.51. The molecule has 18 heavy (non-hydrogen) atoms. The normalized spacial score (nSPS) is 10.3. The number of hydrogen-bond acceptors (Lipinski definition) is 3. The number of nitrogens with one attached hydrogen (secondary N) is 1. The van der Waals surface area contributed by atoms with E-state index in [0.717, 1.165) is 0 Å². The molecule has 6 nitrogen and oxygen atoms in total. The molecule has 7 heteroatoms. The van der Waals surface area contributed by atoms with Crippen molar-refractivity contribution in [3.05, 3.63) is 50.7 Å². The summed E-state index contributed by atoms with van der Waals surface area (Å²) < 4.78 is 0.561. The molecule has 0 aliphatic rings. The molecule has 0 fully saturated rings. The van der Waals surface area contributed by atoms with E-state index in [1.807, 2.05) is 0 Å². The molecule has 0 aliphatic carbocycles. The molecule has 92 valence electrons. The van der Waals surface area contributed by atoms with E-state index in [9.17, 15) is 14.9 Å². The summed E-state index contributed by atoms with van der Waals surface area (Å²) in [6, 6.07) is 4.48. The highest BCUT2D eigenvalue weighted by Gasteiger charge is 2.21. The lowest BCUT2D eigenvalue weighted by Gasteiger charge is -2.03. The predicted octanol–water partition coefficient (Wildman–Crippen LogP) is 3.05. The Morgan fingerprint density at radius 1 is 1.33 bits per heavy atom. The van der Waals surface area contributed by atoms with Gasteiger partial charge in [-0.05, 0) is 12.1 Å². The summed E-state index contributed by atoms with van der Waals surface area (Å²) in [5.41, 5.74) is 0.412. The van der Waals surface area contributed by atoms with Gasteiger partial charge in [-0.2, -0.15) is 0 Å². The number of aromatic amines is 1. The van der Waals surface area contributed by atoms with Crippen molar-refractivity contribution in [2.45, 2.75) is 0 Å². The first-order valence-corrected chi connectivity index (χ1v) is 5.64. The highest BCUT2D eigenvalue weighted by molar-refractivity contribution is 9.10. The Hall–Kier alpha value is -2.15. The molecule has 0 spiro atoms. The Morgan fingerprint density at radius 2 is 2.06 bits per heavy atom. The Bertz CT molecular complexity index is 636. The van der Waals surface area contributed by atoms with Crippen LogP contribution in [0.5, 0.6) is 0 Å². The molecule has 2 rings (SSSR count). The van der Waals surface area contributed by atoms with Crippen molar-refractivity contribution in [1.82, 2.24) is 4.98 Å². The minimum absolute atomic E-state index is 0.000391. The third kappa shape index (κ3) is 2.12. The number of H-pyrrole nitrogens is 1. The maximum atomic E-state index is 11.0. The van der Waals surface area contributed by atoms with E-state index in [2.05, 4.69) is 20.9 Å². The zero-order valence-corrected chi connectivity index (χ0v) is 10.5. The quantitative estimate of drug-likeness (QED) is 0.672. The first kappa shape index (κ1) is 12.3. The van der Waals surface area contributed by atoms with Gasteiger partial charge >= 0.3 is 5.97 Å². The number of nitro benzene ring substituents is 1. The van der Waals surface area contributed by atoms with Crippen molar-refractivity contribution in [2.75, 3.05) is 0 Å². The van der Waals surface area contributed by atoms with Crippen LogP contribution in [-0.2, 0) is 0 Å². The average molecular weight is 311 g/mol. The standard InChI is InChI=1S/C11H7BrN2O4/c12-6-1-2-7(10(3-6)14(17)18)8-4-13-5-9(8)11(15)16/h1-5,13H,(H,15,16). The van der Waals surface area contributed by atoms with Gasteiger partial charge in [0.2, 0.25) is 0 Å². The molecule has 1 aromatic heterocycles. The van der Waals surface area contributed by atoms with Crippen molar-refractivity contribution in [3.63, 3.8) is 0 Å². The number of rotatable bonds is 3. The molecule has 2 aromatic rings. The topological polar surface area (TPSA) is 96.2 Å². The van der Waals surface area contributed by atoms with E-state index in [-0.39, 0.29) is 16.8 Å². The molecule has 1 aromatic carbocycles. The molecule has 0 amide bonds. The monoisotopic (exact) mass is 310 g/mol. The van der Waals surface area contributed by atoms with Gasteiger partial charge in [-0.25, -0.2) is 4.79 Å². The minimum atomic E-state index is -1.14. The Balaban J connectivity index is 2.67. The van der Waals surface area contributed by atoms with Crippen molar-refractivity contribution < 1.29 is 14.8 Å². The van der Waals surface area contributed by atoms with E-state index < -0.39 is 10.9 Å². The van der Waals surface area contributed by atoms with Gasteiger partial charge in [0.05, 0.1) is 16.1 Å². The van der Waals surface area contributed by atoms with Crippen LogP contribution < -0.4 is 0 Å². The first-order valence-electron chi connectivity index (χ1n) is 4.85. The number of aromatic carboxylic acids is 1. The van der Waals surface area contributed by atoms with Crippen LogP contribution >= 0.6 is 15.9 Å².